The zero-order valence-electron chi connectivity index (χ0n) is 24.5. The molecule has 0 aliphatic carbocycles. The third-order valence-electron chi connectivity index (χ3n) is 9.39. The summed E-state index contributed by atoms with van der Waals surface area (Å²) in [5, 5.41) is 3.09. The van der Waals surface area contributed by atoms with Gasteiger partial charge in [-0.15, -0.1) is 0 Å². The predicted octanol–water partition coefficient (Wildman–Crippen LogP) is 6.56. The Kier molecular flexibility index (Phi) is 6.13. The lowest BCUT2D eigenvalue weighted by molar-refractivity contribution is -0.121. The Hall–Kier alpha value is -4.97. The van der Waals surface area contributed by atoms with Crippen molar-refractivity contribution in [3.05, 3.63) is 130 Å². The Bertz CT molecular complexity index is 1840. The van der Waals surface area contributed by atoms with Gasteiger partial charge in [-0.3, -0.25) is 14.4 Å². The monoisotopic (exact) mass is 568 g/mol. The van der Waals surface area contributed by atoms with Crippen molar-refractivity contribution in [2.45, 2.75) is 38.3 Å². The number of amides is 1. The van der Waals surface area contributed by atoms with Crippen LogP contribution in [0.25, 0.3) is 5.57 Å². The quantitative estimate of drug-likeness (QED) is 0.276. The number of hydrogen-bond acceptors (Lipinski definition) is 5. The van der Waals surface area contributed by atoms with E-state index in [2.05, 4.69) is 22.4 Å². The number of fused-ring (bicyclic) bond motifs is 6. The number of nitrogens with one attached hydrogen (secondary N) is 1. The number of carbonyl (C=O) groups is 3. The second-order valence-corrected chi connectivity index (χ2v) is 11.8. The normalized spacial score (nSPS) is 23.3. The number of ether oxygens (including phenoxy) is 1. The molecule has 6 nitrogen and oxygen atoms in total. The number of ketones is 2. The number of anilines is 2. The van der Waals surface area contributed by atoms with Crippen molar-refractivity contribution in [2.24, 2.45) is 5.92 Å². The Labute approximate surface area is 251 Å². The van der Waals surface area contributed by atoms with Gasteiger partial charge in [0.15, 0.2) is 11.6 Å². The van der Waals surface area contributed by atoms with Crippen LogP contribution < -0.4 is 15.0 Å². The summed E-state index contributed by atoms with van der Waals surface area (Å²) in [5.41, 5.74) is 5.97. The van der Waals surface area contributed by atoms with Crippen LogP contribution in [-0.2, 0) is 10.2 Å². The number of methoxy groups -OCH3 is 1. The summed E-state index contributed by atoms with van der Waals surface area (Å²) in [7, 11) is 1.57. The van der Waals surface area contributed by atoms with Crippen LogP contribution >= 0.6 is 0 Å². The fourth-order valence-electron chi connectivity index (χ4n) is 7.37. The molecule has 0 saturated carbocycles. The van der Waals surface area contributed by atoms with E-state index in [9.17, 15) is 14.4 Å². The smallest absolute Gasteiger partial charge is 0.238 e. The Balaban J connectivity index is 1.54. The summed E-state index contributed by atoms with van der Waals surface area (Å²) < 4.78 is 5.35. The molecule has 3 heterocycles. The van der Waals surface area contributed by atoms with Crippen molar-refractivity contribution in [2.75, 3.05) is 17.3 Å². The van der Waals surface area contributed by atoms with Gasteiger partial charge in [0, 0.05) is 28.1 Å². The molecule has 43 heavy (non-hydrogen) atoms. The fraction of sp³-hybridized carbons (Fsp3) is 0.216. The highest BCUT2D eigenvalue weighted by atomic mass is 16.5. The summed E-state index contributed by atoms with van der Waals surface area (Å²) in [6.07, 6.45) is 2.08. The number of carbonyl (C=O) groups excluding carboxylic acids is 3. The highest BCUT2D eigenvalue weighted by Crippen LogP contribution is 2.59. The molecule has 6 heteroatoms. The molecule has 0 bridgehead atoms. The number of Topliss-reactive ketones (excluding diaryl/α,β-unsaturated/α-hetero) is 2. The average molecular weight is 569 g/mol. The van der Waals surface area contributed by atoms with Gasteiger partial charge in [-0.25, -0.2) is 0 Å². The minimum atomic E-state index is -1.34. The minimum Gasteiger partial charge on any atom is -0.497 e. The largest absolute Gasteiger partial charge is 0.497 e. The maximum Gasteiger partial charge on any atom is 0.238 e. The van der Waals surface area contributed by atoms with Gasteiger partial charge in [0.05, 0.1) is 19.1 Å². The zero-order chi connectivity index (χ0) is 30.0. The lowest BCUT2D eigenvalue weighted by Crippen LogP contribution is -2.51. The van der Waals surface area contributed by atoms with E-state index in [1.807, 2.05) is 81.4 Å². The van der Waals surface area contributed by atoms with Crippen molar-refractivity contribution in [3.8, 4) is 5.75 Å². The first kappa shape index (κ1) is 26.9. The van der Waals surface area contributed by atoms with E-state index in [4.69, 9.17) is 4.74 Å². The molecule has 4 aromatic carbocycles. The van der Waals surface area contributed by atoms with Gasteiger partial charge in [-0.05, 0) is 74.4 Å². The third-order valence-corrected chi connectivity index (χ3v) is 9.39. The van der Waals surface area contributed by atoms with E-state index in [1.54, 1.807) is 31.4 Å². The molecule has 3 aliphatic rings. The van der Waals surface area contributed by atoms with Gasteiger partial charge in [0.25, 0.3) is 0 Å². The fourth-order valence-corrected chi connectivity index (χ4v) is 7.37. The molecule has 1 spiro atoms. The van der Waals surface area contributed by atoms with Gasteiger partial charge in [0.1, 0.15) is 17.2 Å². The molecule has 4 atom stereocenters. The first-order valence-electron chi connectivity index (χ1n) is 14.5. The van der Waals surface area contributed by atoms with Gasteiger partial charge in [-0.1, -0.05) is 65.7 Å². The molecular formula is C37H32N2O4. The van der Waals surface area contributed by atoms with Crippen LogP contribution in [-0.4, -0.2) is 36.7 Å². The van der Waals surface area contributed by atoms with Crippen molar-refractivity contribution >= 4 is 34.4 Å². The maximum atomic E-state index is 14.9. The van der Waals surface area contributed by atoms with E-state index >= 15 is 0 Å². The summed E-state index contributed by atoms with van der Waals surface area (Å²) >= 11 is 0. The summed E-state index contributed by atoms with van der Waals surface area (Å²) in [6, 6.07) is 26.6. The van der Waals surface area contributed by atoms with Gasteiger partial charge < -0.3 is 15.0 Å². The Morgan fingerprint density at radius 3 is 2.19 bits per heavy atom. The summed E-state index contributed by atoms with van der Waals surface area (Å²) in [5.74, 6) is -1.11. The van der Waals surface area contributed by atoms with Crippen LogP contribution in [0, 0.1) is 19.8 Å². The second-order valence-electron chi connectivity index (χ2n) is 11.8. The SMILES string of the molecule is COc1ccc(C(=O)[C@@H]2[C@H](C(=O)c3ccc(C)cc3)N3c4ccc(C)cc4C(C)=C[C@H]3[C@@]23C(=O)Nc2ccccc23)cc1. The molecule has 0 radical (unpaired) electrons. The molecule has 1 N–H and O–H groups in total. The van der Waals surface area contributed by atoms with Crippen LogP contribution in [0.15, 0.2) is 97.1 Å². The van der Waals surface area contributed by atoms with Gasteiger partial charge in [0.2, 0.25) is 5.91 Å². The molecule has 1 saturated heterocycles. The van der Waals surface area contributed by atoms with Crippen LogP contribution in [0.1, 0.15) is 49.9 Å². The van der Waals surface area contributed by atoms with Crippen molar-refractivity contribution in [1.29, 1.82) is 0 Å². The van der Waals surface area contributed by atoms with Crippen LogP contribution in [0.3, 0.4) is 0 Å². The van der Waals surface area contributed by atoms with Crippen molar-refractivity contribution in [3.63, 3.8) is 0 Å². The van der Waals surface area contributed by atoms with E-state index in [0.29, 0.717) is 22.6 Å². The van der Waals surface area contributed by atoms with Crippen LogP contribution in [0.4, 0.5) is 11.4 Å². The predicted molar refractivity (Wildman–Crippen MR) is 168 cm³/mol. The van der Waals surface area contributed by atoms with E-state index < -0.39 is 23.4 Å². The average Bonchev–Trinajstić information content (AvgIpc) is 3.49. The van der Waals surface area contributed by atoms with Gasteiger partial charge >= 0.3 is 0 Å². The molecule has 7 rings (SSSR count). The highest BCUT2D eigenvalue weighted by Gasteiger charge is 2.70. The highest BCUT2D eigenvalue weighted by molar-refractivity contribution is 6.18. The Morgan fingerprint density at radius 1 is 0.814 bits per heavy atom. The lowest BCUT2D eigenvalue weighted by atomic mass is 9.64. The van der Waals surface area contributed by atoms with Crippen molar-refractivity contribution < 1.29 is 19.1 Å². The standard InChI is InChI=1S/C37H32N2O4/c1-21-9-12-25(13-10-21)35(41)33-32(34(40)24-14-16-26(43-4)17-15-24)37(28-7-5-6-8-29(28)38-36(37)42)31-20-23(3)27-19-22(2)11-18-30(27)39(31)33/h5-20,31-33H,1-4H3,(H,38,42)/t31-,32-,33+,37+/m0/s1. The number of benzene rings is 4. The van der Waals surface area contributed by atoms with Gasteiger partial charge in [-0.2, -0.15) is 0 Å². The molecule has 0 aromatic heterocycles. The molecule has 1 amide bonds. The van der Waals surface area contributed by atoms with Crippen molar-refractivity contribution in [1.82, 2.24) is 0 Å². The summed E-state index contributed by atoms with van der Waals surface area (Å²) in [6.45, 7) is 6.05. The number of para-hydroxylation sites is 1. The minimum absolute atomic E-state index is 0.189. The van der Waals surface area contributed by atoms with E-state index in [-0.39, 0.29) is 17.5 Å². The topological polar surface area (TPSA) is 75.7 Å². The number of allylic oxidation sites excluding steroid dienone is 1. The number of hydrogen-bond donors (Lipinski definition) is 1. The van der Waals surface area contributed by atoms with Crippen LogP contribution in [0.2, 0.25) is 0 Å². The van der Waals surface area contributed by atoms with E-state index in [0.717, 1.165) is 33.5 Å². The molecular weight excluding hydrogens is 536 g/mol. The molecule has 0 unspecified atom stereocenters. The maximum absolute atomic E-state index is 14.9. The molecule has 214 valence electrons. The molecule has 1 fully saturated rings. The Morgan fingerprint density at radius 2 is 1.47 bits per heavy atom. The summed E-state index contributed by atoms with van der Waals surface area (Å²) in [4.78, 5) is 46.3. The number of aryl methyl sites for hydroxylation is 2. The first-order valence-corrected chi connectivity index (χ1v) is 14.5. The third kappa shape index (κ3) is 3.82. The second kappa shape index (κ2) is 9.80. The molecule has 3 aliphatic heterocycles. The van der Waals surface area contributed by atoms with E-state index in [1.165, 1.54) is 0 Å². The molecule has 4 aromatic rings. The zero-order valence-corrected chi connectivity index (χ0v) is 24.5. The number of nitrogens with zero attached hydrogens (tertiary/aromatic N) is 1. The van der Waals surface area contributed by atoms with Crippen LogP contribution in [0.5, 0.6) is 5.75 Å². The first-order chi connectivity index (χ1) is 20.7. The lowest BCUT2D eigenvalue weighted by Gasteiger charge is -2.39. The number of rotatable bonds is 5.